The molecule has 5 heteroatoms. The number of thiocarbonyl (C=S) groups is 2. The lowest BCUT2D eigenvalue weighted by Crippen LogP contribution is -2.36. The molecular weight excluding hydrogens is 252 g/mol. The molecule has 0 heterocycles. The lowest BCUT2D eigenvalue weighted by atomic mass is 9.92. The summed E-state index contributed by atoms with van der Waals surface area (Å²) in [4.78, 5) is 8.10. The molecule has 0 saturated carbocycles. The monoisotopic (exact) mass is 272 g/mol. The van der Waals surface area contributed by atoms with E-state index in [-0.39, 0.29) is 10.8 Å². The second-order valence-electron chi connectivity index (χ2n) is 6.01. The second-order valence-corrected chi connectivity index (χ2v) is 6.38. The van der Waals surface area contributed by atoms with Gasteiger partial charge >= 0.3 is 0 Å². The first-order valence-electron chi connectivity index (χ1n) is 5.42. The standard InChI is InChI=1S/C12H20N2OS2/c1-11(2,3)9(13-7-16)15-10(14-8-17)12(4,5)6/h9-10H,1-6H3. The average molecular weight is 272 g/mol. The van der Waals surface area contributed by atoms with Gasteiger partial charge in [-0.25, -0.2) is 0 Å². The van der Waals surface area contributed by atoms with Crippen LogP contribution in [0.4, 0.5) is 0 Å². The first-order chi connectivity index (χ1) is 7.62. The van der Waals surface area contributed by atoms with Gasteiger partial charge in [0.25, 0.3) is 0 Å². The fourth-order valence-corrected chi connectivity index (χ4v) is 1.27. The fraction of sp³-hybridized carbons (Fsp3) is 0.833. The summed E-state index contributed by atoms with van der Waals surface area (Å²) in [5.41, 5.74) is -0.349. The van der Waals surface area contributed by atoms with Crippen LogP contribution in [0, 0.1) is 10.8 Å². The number of aliphatic imine (C=N–C) groups is 2. The molecular formula is C12H20N2OS2. The number of hydrogen-bond acceptors (Lipinski definition) is 5. The normalized spacial score (nSPS) is 15.4. The van der Waals surface area contributed by atoms with E-state index in [9.17, 15) is 0 Å². The second kappa shape index (κ2) is 6.48. The summed E-state index contributed by atoms with van der Waals surface area (Å²) < 4.78 is 5.87. The van der Waals surface area contributed by atoms with Gasteiger partial charge in [-0.05, 0) is 24.4 Å². The van der Waals surface area contributed by atoms with E-state index in [1.165, 1.54) is 0 Å². The molecule has 0 amide bonds. The predicted molar refractivity (Wildman–Crippen MR) is 77.6 cm³/mol. The number of hydrogen-bond donors (Lipinski definition) is 0. The highest BCUT2D eigenvalue weighted by molar-refractivity contribution is 7.78. The van der Waals surface area contributed by atoms with E-state index < -0.39 is 12.5 Å². The van der Waals surface area contributed by atoms with Gasteiger partial charge in [0, 0.05) is 10.8 Å². The fourth-order valence-electron chi connectivity index (χ4n) is 1.07. The Balaban J connectivity index is 5.07. The average Bonchev–Trinajstić information content (AvgIpc) is 2.12. The minimum absolute atomic E-state index is 0.174. The molecule has 2 atom stereocenters. The molecule has 0 N–H and O–H groups in total. The summed E-state index contributed by atoms with van der Waals surface area (Å²) in [5, 5.41) is 4.74. The van der Waals surface area contributed by atoms with E-state index in [1.54, 1.807) is 0 Å². The Kier molecular flexibility index (Phi) is 6.31. The van der Waals surface area contributed by atoms with Crippen molar-refractivity contribution in [2.24, 2.45) is 20.8 Å². The van der Waals surface area contributed by atoms with Crippen LogP contribution in [0.1, 0.15) is 41.5 Å². The minimum atomic E-state index is -0.392. The van der Waals surface area contributed by atoms with Crippen molar-refractivity contribution >= 4 is 34.8 Å². The smallest absolute Gasteiger partial charge is 0.165 e. The first kappa shape index (κ1) is 16.6. The summed E-state index contributed by atoms with van der Waals surface area (Å²) in [7, 11) is 0. The molecule has 0 bridgehead atoms. The van der Waals surface area contributed by atoms with Crippen molar-refractivity contribution in [3.8, 4) is 0 Å². The molecule has 0 aromatic rings. The van der Waals surface area contributed by atoms with Gasteiger partial charge in [-0.15, -0.1) is 0 Å². The summed E-state index contributed by atoms with van der Waals surface area (Å²) >= 11 is 9.29. The molecule has 0 fully saturated rings. The number of ether oxygens (including phenoxy) is 1. The van der Waals surface area contributed by atoms with Gasteiger partial charge in [0.2, 0.25) is 0 Å². The maximum atomic E-state index is 5.87. The van der Waals surface area contributed by atoms with E-state index in [1.807, 2.05) is 41.5 Å². The van der Waals surface area contributed by atoms with E-state index in [4.69, 9.17) is 4.74 Å². The molecule has 0 saturated heterocycles. The van der Waals surface area contributed by atoms with E-state index in [2.05, 4.69) is 44.7 Å². The first-order valence-corrected chi connectivity index (χ1v) is 6.24. The third-order valence-corrected chi connectivity index (χ3v) is 2.29. The van der Waals surface area contributed by atoms with Gasteiger partial charge < -0.3 is 4.74 Å². The Morgan fingerprint density at radius 1 is 0.824 bits per heavy atom. The SMILES string of the molecule is CC(C)(C)C(N=C=S)OC(N=C=S)C(C)(C)C. The van der Waals surface area contributed by atoms with Crippen LogP contribution in [0.2, 0.25) is 0 Å². The van der Waals surface area contributed by atoms with Crippen molar-refractivity contribution in [3.05, 3.63) is 0 Å². The van der Waals surface area contributed by atoms with Crippen molar-refractivity contribution in [1.82, 2.24) is 0 Å². The number of isothiocyanates is 2. The van der Waals surface area contributed by atoms with E-state index in [0.717, 1.165) is 0 Å². The molecule has 0 aromatic carbocycles. The molecule has 0 rings (SSSR count). The minimum Gasteiger partial charge on any atom is -0.329 e. The molecule has 0 spiro atoms. The van der Waals surface area contributed by atoms with Crippen molar-refractivity contribution in [3.63, 3.8) is 0 Å². The quantitative estimate of drug-likeness (QED) is 0.574. The topological polar surface area (TPSA) is 34.0 Å². The van der Waals surface area contributed by atoms with Crippen LogP contribution in [0.5, 0.6) is 0 Å². The Morgan fingerprint density at radius 2 is 1.12 bits per heavy atom. The largest absolute Gasteiger partial charge is 0.329 e. The predicted octanol–water partition coefficient (Wildman–Crippen LogP) is 3.95. The van der Waals surface area contributed by atoms with Crippen LogP contribution >= 0.6 is 24.4 Å². The highest BCUT2D eigenvalue weighted by Crippen LogP contribution is 2.30. The van der Waals surface area contributed by atoms with Crippen LogP contribution in [0.3, 0.4) is 0 Å². The van der Waals surface area contributed by atoms with Crippen molar-refractivity contribution < 1.29 is 4.74 Å². The van der Waals surface area contributed by atoms with Gasteiger partial charge in [-0.3, -0.25) is 0 Å². The van der Waals surface area contributed by atoms with E-state index in [0.29, 0.717) is 0 Å². The van der Waals surface area contributed by atoms with Crippen LogP contribution in [-0.4, -0.2) is 22.8 Å². The zero-order valence-electron chi connectivity index (χ0n) is 11.3. The molecule has 17 heavy (non-hydrogen) atoms. The van der Waals surface area contributed by atoms with Crippen LogP contribution in [0.15, 0.2) is 9.98 Å². The third kappa shape index (κ3) is 6.16. The molecule has 0 aliphatic carbocycles. The Morgan fingerprint density at radius 3 is 1.29 bits per heavy atom. The van der Waals surface area contributed by atoms with Crippen LogP contribution < -0.4 is 0 Å². The van der Waals surface area contributed by atoms with Gasteiger partial charge in [0.05, 0.1) is 10.3 Å². The number of rotatable bonds is 4. The molecule has 0 aliphatic rings. The maximum Gasteiger partial charge on any atom is 0.165 e. The molecule has 96 valence electrons. The summed E-state index contributed by atoms with van der Waals surface area (Å²) in [6.45, 7) is 12.1. The zero-order valence-corrected chi connectivity index (χ0v) is 12.9. The van der Waals surface area contributed by atoms with Crippen molar-refractivity contribution in [1.29, 1.82) is 0 Å². The molecule has 0 radical (unpaired) electrons. The molecule has 3 nitrogen and oxygen atoms in total. The highest BCUT2D eigenvalue weighted by Gasteiger charge is 2.33. The van der Waals surface area contributed by atoms with Crippen LogP contribution in [0.25, 0.3) is 0 Å². The lowest BCUT2D eigenvalue weighted by Gasteiger charge is -2.33. The van der Waals surface area contributed by atoms with Gasteiger partial charge in [-0.2, -0.15) is 9.98 Å². The molecule has 2 unspecified atom stereocenters. The molecule has 0 aromatic heterocycles. The summed E-state index contributed by atoms with van der Waals surface area (Å²) in [6, 6.07) is 0. The maximum absolute atomic E-state index is 5.87. The van der Waals surface area contributed by atoms with Crippen molar-refractivity contribution in [2.45, 2.75) is 54.0 Å². The molecule has 0 aliphatic heterocycles. The number of nitrogens with zero attached hydrogens (tertiary/aromatic N) is 2. The van der Waals surface area contributed by atoms with Gasteiger partial charge in [-0.1, -0.05) is 41.5 Å². The summed E-state index contributed by atoms with van der Waals surface area (Å²) in [6.07, 6.45) is -0.785. The van der Waals surface area contributed by atoms with Crippen LogP contribution in [-0.2, 0) is 4.74 Å². The lowest BCUT2D eigenvalue weighted by molar-refractivity contribution is -0.0968. The Hall–Kier alpha value is -0.440. The summed E-state index contributed by atoms with van der Waals surface area (Å²) in [5.74, 6) is 0. The Bertz CT molecular complexity index is 308. The van der Waals surface area contributed by atoms with E-state index >= 15 is 0 Å². The zero-order chi connectivity index (χ0) is 13.7. The van der Waals surface area contributed by atoms with Gasteiger partial charge in [0.15, 0.2) is 12.5 Å². The van der Waals surface area contributed by atoms with Gasteiger partial charge in [0.1, 0.15) is 0 Å². The highest BCUT2D eigenvalue weighted by atomic mass is 32.1. The van der Waals surface area contributed by atoms with Crippen molar-refractivity contribution in [2.75, 3.05) is 0 Å². The Labute approximate surface area is 114 Å². The third-order valence-electron chi connectivity index (χ3n) is 2.08.